The molecular formula is C12H19N3O4. The Morgan fingerprint density at radius 1 is 1.37 bits per heavy atom. The largest absolute Gasteiger partial charge is 0.480 e. The first-order chi connectivity index (χ1) is 8.99. The summed E-state index contributed by atoms with van der Waals surface area (Å²) < 4.78 is 0. The number of rotatable bonds is 2. The fraction of sp³-hybridized carbons (Fsp3) is 0.750. The van der Waals surface area contributed by atoms with Gasteiger partial charge in [-0.2, -0.15) is 0 Å². The highest BCUT2D eigenvalue weighted by Gasteiger charge is 2.35. The van der Waals surface area contributed by atoms with Gasteiger partial charge in [-0.15, -0.1) is 0 Å². The number of hydrogen-bond acceptors (Lipinski definition) is 3. The Morgan fingerprint density at radius 2 is 2.11 bits per heavy atom. The molecule has 2 aliphatic rings. The molecule has 0 aromatic heterocycles. The Hall–Kier alpha value is -1.79. The van der Waals surface area contributed by atoms with E-state index < -0.39 is 12.0 Å². The molecule has 0 aromatic carbocycles. The number of likely N-dealkylation sites (tertiary alicyclic amines) is 2. The van der Waals surface area contributed by atoms with Gasteiger partial charge < -0.3 is 20.2 Å². The number of amides is 3. The normalized spacial score (nSPS) is 27.5. The van der Waals surface area contributed by atoms with E-state index in [1.807, 2.05) is 0 Å². The van der Waals surface area contributed by atoms with E-state index in [4.69, 9.17) is 5.11 Å². The zero-order valence-electron chi connectivity index (χ0n) is 11.0. The van der Waals surface area contributed by atoms with E-state index in [0.29, 0.717) is 38.8 Å². The van der Waals surface area contributed by atoms with Gasteiger partial charge in [0.1, 0.15) is 6.04 Å². The summed E-state index contributed by atoms with van der Waals surface area (Å²) in [7, 11) is 1.70. The molecule has 0 bridgehead atoms. The van der Waals surface area contributed by atoms with Gasteiger partial charge >= 0.3 is 12.0 Å². The molecule has 2 aliphatic heterocycles. The molecule has 7 nitrogen and oxygen atoms in total. The van der Waals surface area contributed by atoms with Crippen LogP contribution in [0, 0.1) is 0 Å². The van der Waals surface area contributed by atoms with Gasteiger partial charge in [-0.05, 0) is 19.3 Å². The molecule has 0 aromatic rings. The number of carbonyl (C=O) groups excluding carboxylic acids is 2. The van der Waals surface area contributed by atoms with Crippen molar-refractivity contribution in [2.45, 2.75) is 37.8 Å². The topological polar surface area (TPSA) is 90.0 Å². The first-order valence-corrected chi connectivity index (χ1v) is 6.53. The number of hydrogen-bond donors (Lipinski definition) is 2. The predicted molar refractivity (Wildman–Crippen MR) is 66.6 cm³/mol. The van der Waals surface area contributed by atoms with Crippen molar-refractivity contribution in [3.63, 3.8) is 0 Å². The molecule has 106 valence electrons. The molecule has 2 heterocycles. The van der Waals surface area contributed by atoms with Crippen molar-refractivity contribution in [3.05, 3.63) is 0 Å². The molecule has 7 heteroatoms. The molecule has 2 rings (SSSR count). The summed E-state index contributed by atoms with van der Waals surface area (Å²) >= 11 is 0. The fourth-order valence-corrected chi connectivity index (χ4v) is 2.65. The zero-order valence-corrected chi connectivity index (χ0v) is 11.0. The van der Waals surface area contributed by atoms with E-state index in [2.05, 4.69) is 5.32 Å². The van der Waals surface area contributed by atoms with E-state index in [1.165, 1.54) is 4.90 Å². The van der Waals surface area contributed by atoms with Gasteiger partial charge in [0.2, 0.25) is 5.91 Å². The third kappa shape index (κ3) is 2.97. The summed E-state index contributed by atoms with van der Waals surface area (Å²) in [4.78, 5) is 37.4. The highest BCUT2D eigenvalue weighted by molar-refractivity contribution is 5.83. The summed E-state index contributed by atoms with van der Waals surface area (Å²) in [5.74, 6) is -0.876. The third-order valence-corrected chi connectivity index (χ3v) is 3.75. The van der Waals surface area contributed by atoms with Gasteiger partial charge in [0.25, 0.3) is 0 Å². The van der Waals surface area contributed by atoms with Crippen molar-refractivity contribution >= 4 is 17.9 Å². The second-order valence-corrected chi connectivity index (χ2v) is 5.15. The van der Waals surface area contributed by atoms with E-state index in [9.17, 15) is 14.4 Å². The van der Waals surface area contributed by atoms with E-state index in [0.717, 1.165) is 0 Å². The van der Waals surface area contributed by atoms with Crippen molar-refractivity contribution < 1.29 is 19.5 Å². The number of nitrogens with one attached hydrogen (secondary N) is 1. The van der Waals surface area contributed by atoms with Crippen LogP contribution in [0.25, 0.3) is 0 Å². The quantitative estimate of drug-likeness (QED) is 0.730. The Morgan fingerprint density at radius 3 is 2.74 bits per heavy atom. The van der Waals surface area contributed by atoms with Crippen LogP contribution in [0.3, 0.4) is 0 Å². The molecular weight excluding hydrogens is 250 g/mol. The molecule has 3 amide bonds. The second-order valence-electron chi connectivity index (χ2n) is 5.15. The van der Waals surface area contributed by atoms with Crippen LogP contribution in [0.5, 0.6) is 0 Å². The first kappa shape index (κ1) is 13.6. The van der Waals surface area contributed by atoms with Crippen LogP contribution in [-0.2, 0) is 9.59 Å². The predicted octanol–water partition coefficient (Wildman–Crippen LogP) is -0.134. The van der Waals surface area contributed by atoms with Crippen molar-refractivity contribution in [2.24, 2.45) is 0 Å². The lowest BCUT2D eigenvalue weighted by Crippen LogP contribution is -2.53. The summed E-state index contributed by atoms with van der Waals surface area (Å²) in [6.07, 6.45) is 2.25. The Labute approximate surface area is 111 Å². The number of carboxylic acids is 1. The average molecular weight is 269 g/mol. The minimum atomic E-state index is -0.955. The van der Waals surface area contributed by atoms with Crippen LogP contribution in [0.4, 0.5) is 4.79 Å². The zero-order chi connectivity index (χ0) is 14.0. The highest BCUT2D eigenvalue weighted by Crippen LogP contribution is 2.18. The first-order valence-electron chi connectivity index (χ1n) is 6.53. The van der Waals surface area contributed by atoms with Gasteiger partial charge in [0.05, 0.1) is 0 Å². The van der Waals surface area contributed by atoms with Crippen molar-refractivity contribution in [2.75, 3.05) is 20.1 Å². The maximum atomic E-state index is 12.1. The number of piperidine rings is 1. The minimum absolute atomic E-state index is 0.0788. The van der Waals surface area contributed by atoms with Gasteiger partial charge in [-0.25, -0.2) is 9.59 Å². The number of urea groups is 1. The number of carboxylic acid groups (broad SMARTS) is 1. The lowest BCUT2D eigenvalue weighted by atomic mass is 10.1. The SMILES string of the molecule is CN1CC(NC(=O)N2CCC[C@H]2C(=O)O)CCC1=O. The number of carbonyl (C=O) groups is 3. The lowest BCUT2D eigenvalue weighted by Gasteiger charge is -2.32. The number of aliphatic carboxylic acids is 1. The standard InChI is InChI=1S/C12H19N3O4/c1-14-7-8(4-5-10(14)16)13-12(19)15-6-2-3-9(15)11(17)18/h8-9H,2-7H2,1H3,(H,13,19)(H,17,18)/t8?,9-/m0/s1. The van der Waals surface area contributed by atoms with Crippen LogP contribution in [0.1, 0.15) is 25.7 Å². The van der Waals surface area contributed by atoms with Crippen LogP contribution in [0.2, 0.25) is 0 Å². The molecule has 2 saturated heterocycles. The lowest BCUT2D eigenvalue weighted by molar-refractivity contribution is -0.141. The van der Waals surface area contributed by atoms with E-state index in [-0.39, 0.29) is 18.0 Å². The van der Waals surface area contributed by atoms with Gasteiger partial charge in [-0.3, -0.25) is 4.79 Å². The van der Waals surface area contributed by atoms with Crippen LogP contribution < -0.4 is 5.32 Å². The van der Waals surface area contributed by atoms with Crippen molar-refractivity contribution in [1.82, 2.24) is 15.1 Å². The highest BCUT2D eigenvalue weighted by atomic mass is 16.4. The summed E-state index contributed by atoms with van der Waals surface area (Å²) in [6, 6.07) is -1.15. The number of nitrogens with zero attached hydrogens (tertiary/aromatic N) is 2. The van der Waals surface area contributed by atoms with Gasteiger partial charge in [0.15, 0.2) is 0 Å². The van der Waals surface area contributed by atoms with Crippen molar-refractivity contribution in [3.8, 4) is 0 Å². The summed E-state index contributed by atoms with van der Waals surface area (Å²) in [5, 5.41) is 11.9. The Kier molecular flexibility index (Phi) is 3.92. The molecule has 1 unspecified atom stereocenters. The molecule has 2 atom stereocenters. The van der Waals surface area contributed by atoms with Crippen LogP contribution >= 0.6 is 0 Å². The van der Waals surface area contributed by atoms with Crippen molar-refractivity contribution in [1.29, 1.82) is 0 Å². The molecule has 2 N–H and O–H groups in total. The molecule has 19 heavy (non-hydrogen) atoms. The van der Waals surface area contributed by atoms with E-state index >= 15 is 0 Å². The van der Waals surface area contributed by atoms with Gasteiger partial charge in [0, 0.05) is 32.6 Å². The third-order valence-electron chi connectivity index (χ3n) is 3.75. The molecule has 2 fully saturated rings. The number of likely N-dealkylation sites (N-methyl/N-ethyl adjacent to an activating group) is 1. The Bertz CT molecular complexity index is 398. The van der Waals surface area contributed by atoms with Crippen LogP contribution in [-0.4, -0.2) is 65.0 Å². The second kappa shape index (κ2) is 5.46. The smallest absolute Gasteiger partial charge is 0.326 e. The molecule has 0 spiro atoms. The fourth-order valence-electron chi connectivity index (χ4n) is 2.65. The van der Waals surface area contributed by atoms with E-state index in [1.54, 1.807) is 11.9 Å². The molecule has 0 saturated carbocycles. The maximum Gasteiger partial charge on any atom is 0.326 e. The monoisotopic (exact) mass is 269 g/mol. The summed E-state index contributed by atoms with van der Waals surface area (Å²) in [5.41, 5.74) is 0. The molecule has 0 aliphatic carbocycles. The van der Waals surface area contributed by atoms with Gasteiger partial charge in [-0.1, -0.05) is 0 Å². The van der Waals surface area contributed by atoms with Crippen LogP contribution in [0.15, 0.2) is 0 Å². The average Bonchev–Trinajstić information content (AvgIpc) is 2.83. The minimum Gasteiger partial charge on any atom is -0.480 e. The maximum absolute atomic E-state index is 12.1. The Balaban J connectivity index is 1.90. The molecule has 0 radical (unpaired) electrons. The summed E-state index contributed by atoms with van der Waals surface area (Å²) in [6.45, 7) is 0.959.